The van der Waals surface area contributed by atoms with Crippen molar-refractivity contribution >= 4 is 11.8 Å². The van der Waals surface area contributed by atoms with Gasteiger partial charge >= 0.3 is 0 Å². The second-order valence-corrected chi connectivity index (χ2v) is 8.13. The van der Waals surface area contributed by atoms with Gasteiger partial charge in [0.15, 0.2) is 0 Å². The van der Waals surface area contributed by atoms with Crippen LogP contribution in [0.4, 0.5) is 0 Å². The third-order valence-electron chi connectivity index (χ3n) is 6.51. The van der Waals surface area contributed by atoms with Crippen molar-refractivity contribution in [3.05, 3.63) is 0 Å². The van der Waals surface area contributed by atoms with Crippen LogP contribution in [0, 0.1) is 5.92 Å². The minimum absolute atomic E-state index is 0.0884. The van der Waals surface area contributed by atoms with Gasteiger partial charge in [-0.1, -0.05) is 6.92 Å². The zero-order chi connectivity index (χ0) is 17.8. The van der Waals surface area contributed by atoms with Gasteiger partial charge in [-0.25, -0.2) is 0 Å². The summed E-state index contributed by atoms with van der Waals surface area (Å²) in [5.74, 6) is 0.692. The van der Waals surface area contributed by atoms with Crippen molar-refractivity contribution in [1.82, 2.24) is 14.7 Å². The normalized spacial score (nSPS) is 29.7. The molecular formula is C20H35N3O2. The molecule has 0 aromatic heterocycles. The predicted octanol–water partition coefficient (Wildman–Crippen LogP) is 2.50. The van der Waals surface area contributed by atoms with Crippen molar-refractivity contribution in [3.8, 4) is 0 Å². The lowest BCUT2D eigenvalue weighted by Crippen LogP contribution is -2.55. The molecule has 3 aliphatic heterocycles. The zero-order valence-electron chi connectivity index (χ0n) is 16.1. The van der Waals surface area contributed by atoms with Gasteiger partial charge in [-0.05, 0) is 64.8 Å². The lowest BCUT2D eigenvalue weighted by molar-refractivity contribution is -0.144. The molecule has 0 radical (unpaired) electrons. The third kappa shape index (κ3) is 4.18. The van der Waals surface area contributed by atoms with E-state index in [-0.39, 0.29) is 17.9 Å². The third-order valence-corrected chi connectivity index (χ3v) is 6.51. The highest BCUT2D eigenvalue weighted by Gasteiger charge is 2.36. The van der Waals surface area contributed by atoms with E-state index in [9.17, 15) is 9.59 Å². The number of likely N-dealkylation sites (tertiary alicyclic amines) is 3. The molecule has 0 bridgehead atoms. The molecule has 0 unspecified atom stereocenters. The Morgan fingerprint density at radius 3 is 2.40 bits per heavy atom. The molecule has 0 saturated carbocycles. The Morgan fingerprint density at radius 1 is 0.960 bits per heavy atom. The van der Waals surface area contributed by atoms with Crippen molar-refractivity contribution in [3.63, 3.8) is 0 Å². The van der Waals surface area contributed by atoms with Gasteiger partial charge in [0.2, 0.25) is 11.8 Å². The van der Waals surface area contributed by atoms with Crippen molar-refractivity contribution in [1.29, 1.82) is 0 Å². The van der Waals surface area contributed by atoms with Crippen LogP contribution in [0.5, 0.6) is 0 Å². The Labute approximate surface area is 152 Å². The van der Waals surface area contributed by atoms with Gasteiger partial charge in [0, 0.05) is 32.2 Å². The molecule has 0 N–H and O–H groups in total. The SMILES string of the molecule is CC[C@@H]1CCCCN1C(=O)[C@H](C)N1CCC[C@@H](C(=O)N2CCCC2)C1. The summed E-state index contributed by atoms with van der Waals surface area (Å²) in [6, 6.07) is 0.317. The molecule has 0 aromatic carbocycles. The Balaban J connectivity index is 1.59. The van der Waals surface area contributed by atoms with E-state index in [1.54, 1.807) is 0 Å². The van der Waals surface area contributed by atoms with Crippen LogP contribution in [-0.2, 0) is 9.59 Å². The van der Waals surface area contributed by atoms with Crippen LogP contribution >= 0.6 is 0 Å². The molecule has 25 heavy (non-hydrogen) atoms. The summed E-state index contributed by atoms with van der Waals surface area (Å²) in [5, 5.41) is 0. The van der Waals surface area contributed by atoms with Crippen LogP contribution in [0.3, 0.4) is 0 Å². The number of amides is 2. The number of hydrogen-bond acceptors (Lipinski definition) is 3. The molecule has 142 valence electrons. The van der Waals surface area contributed by atoms with Gasteiger partial charge in [-0.3, -0.25) is 14.5 Å². The number of carbonyl (C=O) groups is 2. The number of carbonyl (C=O) groups excluding carboxylic acids is 2. The first kappa shape index (κ1) is 18.7. The molecule has 2 amide bonds. The monoisotopic (exact) mass is 349 g/mol. The average Bonchev–Trinajstić information content (AvgIpc) is 3.21. The lowest BCUT2D eigenvalue weighted by Gasteiger charge is -2.41. The first-order chi connectivity index (χ1) is 12.1. The van der Waals surface area contributed by atoms with Gasteiger partial charge in [0.1, 0.15) is 0 Å². The molecule has 3 saturated heterocycles. The largest absolute Gasteiger partial charge is 0.342 e. The van der Waals surface area contributed by atoms with E-state index in [4.69, 9.17) is 0 Å². The summed E-state index contributed by atoms with van der Waals surface area (Å²) >= 11 is 0. The fourth-order valence-corrected chi connectivity index (χ4v) is 4.87. The number of rotatable bonds is 4. The highest BCUT2D eigenvalue weighted by Crippen LogP contribution is 2.25. The fourth-order valence-electron chi connectivity index (χ4n) is 4.87. The van der Waals surface area contributed by atoms with Gasteiger partial charge in [0.25, 0.3) is 0 Å². The van der Waals surface area contributed by atoms with Crippen molar-refractivity contribution < 1.29 is 9.59 Å². The molecule has 5 nitrogen and oxygen atoms in total. The number of piperidine rings is 2. The molecule has 3 heterocycles. The number of hydrogen-bond donors (Lipinski definition) is 0. The maximum absolute atomic E-state index is 13.1. The molecule has 3 atom stereocenters. The van der Waals surface area contributed by atoms with Crippen LogP contribution in [0.15, 0.2) is 0 Å². The summed E-state index contributed by atoms with van der Waals surface area (Å²) in [4.78, 5) is 32.3. The van der Waals surface area contributed by atoms with Crippen LogP contribution < -0.4 is 0 Å². The topological polar surface area (TPSA) is 43.9 Å². The minimum atomic E-state index is -0.0960. The predicted molar refractivity (Wildman–Crippen MR) is 99.2 cm³/mol. The first-order valence-corrected chi connectivity index (χ1v) is 10.4. The fraction of sp³-hybridized carbons (Fsp3) is 0.900. The summed E-state index contributed by atoms with van der Waals surface area (Å²) in [6.07, 6.45) is 8.86. The second kappa shape index (κ2) is 8.52. The smallest absolute Gasteiger partial charge is 0.239 e. The highest BCUT2D eigenvalue weighted by atomic mass is 16.2. The maximum Gasteiger partial charge on any atom is 0.239 e. The van der Waals surface area contributed by atoms with E-state index in [0.717, 1.165) is 77.7 Å². The summed E-state index contributed by atoms with van der Waals surface area (Å²) in [7, 11) is 0. The van der Waals surface area contributed by atoms with Gasteiger partial charge in [-0.15, -0.1) is 0 Å². The van der Waals surface area contributed by atoms with Gasteiger partial charge in [-0.2, -0.15) is 0 Å². The van der Waals surface area contributed by atoms with Crippen LogP contribution in [-0.4, -0.2) is 71.3 Å². The molecule has 5 heteroatoms. The average molecular weight is 350 g/mol. The van der Waals surface area contributed by atoms with Gasteiger partial charge < -0.3 is 9.80 Å². The van der Waals surface area contributed by atoms with Crippen LogP contribution in [0.2, 0.25) is 0 Å². The maximum atomic E-state index is 13.1. The molecular weight excluding hydrogens is 314 g/mol. The Hall–Kier alpha value is -1.10. The molecule has 0 aliphatic carbocycles. The molecule has 3 aliphatic rings. The standard InChI is InChI=1S/C20H35N3O2/c1-3-18-10-4-5-14-23(18)19(24)16(2)22-13-8-9-17(15-22)20(25)21-11-6-7-12-21/h16-18H,3-15H2,1-2H3/t16-,17+,18+/m0/s1. The molecule has 3 rings (SSSR count). The Morgan fingerprint density at radius 2 is 1.68 bits per heavy atom. The number of nitrogens with zero attached hydrogens (tertiary/aromatic N) is 3. The summed E-state index contributed by atoms with van der Waals surface area (Å²) in [6.45, 7) is 8.70. The first-order valence-electron chi connectivity index (χ1n) is 10.4. The van der Waals surface area contributed by atoms with Crippen LogP contribution in [0.25, 0.3) is 0 Å². The van der Waals surface area contributed by atoms with Gasteiger partial charge in [0.05, 0.1) is 12.0 Å². The van der Waals surface area contributed by atoms with E-state index >= 15 is 0 Å². The molecule has 3 fully saturated rings. The molecule has 0 spiro atoms. The van der Waals surface area contributed by atoms with E-state index in [1.165, 1.54) is 6.42 Å². The Bertz CT molecular complexity index is 476. The van der Waals surface area contributed by atoms with Crippen molar-refractivity contribution in [2.75, 3.05) is 32.7 Å². The minimum Gasteiger partial charge on any atom is -0.342 e. The Kier molecular flexibility index (Phi) is 6.37. The lowest BCUT2D eigenvalue weighted by atomic mass is 9.94. The zero-order valence-corrected chi connectivity index (χ0v) is 16.1. The van der Waals surface area contributed by atoms with Crippen molar-refractivity contribution in [2.45, 2.75) is 77.3 Å². The van der Waals surface area contributed by atoms with E-state index in [0.29, 0.717) is 11.9 Å². The molecule has 0 aromatic rings. The highest BCUT2D eigenvalue weighted by molar-refractivity contribution is 5.82. The van der Waals surface area contributed by atoms with Crippen LogP contribution in [0.1, 0.15) is 65.2 Å². The quantitative estimate of drug-likeness (QED) is 0.783. The van der Waals surface area contributed by atoms with E-state index in [2.05, 4.69) is 16.7 Å². The summed E-state index contributed by atoms with van der Waals surface area (Å²) < 4.78 is 0. The van der Waals surface area contributed by atoms with E-state index < -0.39 is 0 Å². The van der Waals surface area contributed by atoms with E-state index in [1.807, 2.05) is 11.8 Å². The summed E-state index contributed by atoms with van der Waals surface area (Å²) in [5.41, 5.74) is 0. The van der Waals surface area contributed by atoms with Crippen molar-refractivity contribution in [2.24, 2.45) is 5.92 Å². The second-order valence-electron chi connectivity index (χ2n) is 8.13.